The zero-order valence-corrected chi connectivity index (χ0v) is 17.6. The third-order valence-corrected chi connectivity index (χ3v) is 7.30. The molecule has 4 nitrogen and oxygen atoms in total. The molecule has 0 saturated carbocycles. The monoisotopic (exact) mass is 449 g/mol. The highest BCUT2D eigenvalue weighted by molar-refractivity contribution is 6.33. The highest BCUT2D eigenvalue weighted by atomic mass is 35.5. The second-order valence-electron chi connectivity index (χ2n) is 8.90. The number of carbonyl (C=O) groups is 1. The molecule has 4 bridgehead atoms. The van der Waals surface area contributed by atoms with Crippen LogP contribution in [0.1, 0.15) is 21.5 Å². The van der Waals surface area contributed by atoms with Crippen LogP contribution in [0.4, 0.5) is 13.2 Å². The maximum Gasteiger partial charge on any atom is 0.416 e. The molecule has 0 aromatic heterocycles. The van der Waals surface area contributed by atoms with Crippen LogP contribution < -0.4 is 5.32 Å². The zero-order chi connectivity index (χ0) is 21.8. The standard InChI is InChI=1S/C23H23ClF3N3O/c24-19-7-6-17(23(25,26)27)10-18(19)21(31)28-20-15-11-29-8-9-30(12-15)14-22(20,13-29)16-4-2-1-3-5-16/h1-7,10,15,20H,8-9,11-14H2,(H,28,31). The second kappa shape index (κ2) is 7.50. The third kappa shape index (κ3) is 3.62. The zero-order valence-electron chi connectivity index (χ0n) is 16.8. The van der Waals surface area contributed by atoms with Crippen LogP contribution in [0.15, 0.2) is 48.5 Å². The number of benzene rings is 2. The molecule has 4 saturated heterocycles. The molecule has 2 aromatic rings. The van der Waals surface area contributed by atoms with Gasteiger partial charge in [-0.3, -0.25) is 4.79 Å². The number of hydrogen-bond donors (Lipinski definition) is 1. The summed E-state index contributed by atoms with van der Waals surface area (Å²) in [7, 11) is 0. The first-order valence-electron chi connectivity index (χ1n) is 10.4. The molecular formula is C23H23ClF3N3O. The van der Waals surface area contributed by atoms with Gasteiger partial charge in [0, 0.05) is 56.6 Å². The van der Waals surface area contributed by atoms with Gasteiger partial charge in [-0.25, -0.2) is 0 Å². The SMILES string of the molecule is O=C(NC1C2CN3CCN(C2)CC1(c1ccccc1)C3)c1cc(C(F)(F)F)ccc1Cl. The van der Waals surface area contributed by atoms with E-state index < -0.39 is 17.6 Å². The molecule has 1 amide bonds. The van der Waals surface area contributed by atoms with Crippen molar-refractivity contribution in [3.63, 3.8) is 0 Å². The van der Waals surface area contributed by atoms with Crippen LogP contribution in [0, 0.1) is 5.92 Å². The Balaban J connectivity index is 1.52. The predicted molar refractivity (Wildman–Crippen MR) is 112 cm³/mol. The summed E-state index contributed by atoms with van der Waals surface area (Å²) in [6.45, 7) is 5.34. The van der Waals surface area contributed by atoms with E-state index in [4.69, 9.17) is 11.6 Å². The van der Waals surface area contributed by atoms with Crippen molar-refractivity contribution in [2.75, 3.05) is 39.3 Å². The van der Waals surface area contributed by atoms with Crippen molar-refractivity contribution in [1.82, 2.24) is 15.1 Å². The van der Waals surface area contributed by atoms with Gasteiger partial charge in [-0.2, -0.15) is 13.2 Å². The van der Waals surface area contributed by atoms with E-state index in [1.165, 1.54) is 0 Å². The highest BCUT2D eigenvalue weighted by Gasteiger charge is 2.55. The molecule has 4 aliphatic heterocycles. The van der Waals surface area contributed by atoms with Crippen LogP contribution in [-0.4, -0.2) is 61.0 Å². The van der Waals surface area contributed by atoms with E-state index in [1.54, 1.807) is 0 Å². The molecule has 2 aromatic carbocycles. The lowest BCUT2D eigenvalue weighted by Crippen LogP contribution is -2.70. The molecule has 8 heteroatoms. The van der Waals surface area contributed by atoms with E-state index in [-0.39, 0.29) is 28.0 Å². The van der Waals surface area contributed by atoms with Gasteiger partial charge in [-0.1, -0.05) is 41.9 Å². The van der Waals surface area contributed by atoms with Gasteiger partial charge >= 0.3 is 6.18 Å². The number of carbonyl (C=O) groups excluding carboxylic acids is 1. The van der Waals surface area contributed by atoms with Gasteiger partial charge in [0.25, 0.3) is 5.91 Å². The molecule has 31 heavy (non-hydrogen) atoms. The smallest absolute Gasteiger partial charge is 0.348 e. The van der Waals surface area contributed by atoms with Crippen LogP contribution in [-0.2, 0) is 11.6 Å². The van der Waals surface area contributed by atoms with E-state index in [0.29, 0.717) is 0 Å². The number of halogens is 4. The number of alkyl halides is 3. The summed E-state index contributed by atoms with van der Waals surface area (Å²) in [4.78, 5) is 18.1. The summed E-state index contributed by atoms with van der Waals surface area (Å²) < 4.78 is 39.6. The molecule has 0 spiro atoms. The van der Waals surface area contributed by atoms with Crippen LogP contribution >= 0.6 is 11.6 Å². The maximum absolute atomic E-state index is 13.2. The van der Waals surface area contributed by atoms with Gasteiger partial charge < -0.3 is 15.1 Å². The highest BCUT2D eigenvalue weighted by Crippen LogP contribution is 2.43. The fourth-order valence-electron chi connectivity index (χ4n) is 5.66. The molecule has 1 N–H and O–H groups in total. The Kier molecular flexibility index (Phi) is 5.03. The minimum absolute atomic E-state index is 0.0211. The number of hydrogen-bond acceptors (Lipinski definition) is 3. The van der Waals surface area contributed by atoms with Gasteiger partial charge in [0.1, 0.15) is 0 Å². The molecule has 6 rings (SSSR count). The number of nitrogens with one attached hydrogen (secondary N) is 1. The van der Waals surface area contributed by atoms with E-state index in [0.717, 1.165) is 63.0 Å². The number of nitrogens with zero attached hydrogens (tertiary/aromatic N) is 2. The van der Waals surface area contributed by atoms with Crippen molar-refractivity contribution >= 4 is 17.5 Å². The van der Waals surface area contributed by atoms with Crippen molar-refractivity contribution in [2.24, 2.45) is 5.92 Å². The average Bonchev–Trinajstić information content (AvgIpc) is 2.98. The molecule has 4 fully saturated rings. The largest absolute Gasteiger partial charge is 0.416 e. The minimum atomic E-state index is -4.54. The quantitative estimate of drug-likeness (QED) is 0.777. The first-order valence-corrected chi connectivity index (χ1v) is 10.8. The predicted octanol–water partition coefficient (Wildman–Crippen LogP) is 3.66. The summed E-state index contributed by atoms with van der Waals surface area (Å²) >= 11 is 6.14. The topological polar surface area (TPSA) is 35.6 Å². The van der Waals surface area contributed by atoms with E-state index >= 15 is 0 Å². The molecule has 164 valence electrons. The fourth-order valence-corrected chi connectivity index (χ4v) is 5.87. The summed E-state index contributed by atoms with van der Waals surface area (Å²) in [6, 6.07) is 12.9. The Morgan fingerprint density at radius 1 is 1.03 bits per heavy atom. The Morgan fingerprint density at radius 3 is 2.29 bits per heavy atom. The normalized spacial score (nSPS) is 32.0. The van der Waals surface area contributed by atoms with Gasteiger partial charge in [0.05, 0.1) is 16.1 Å². The number of piperidine rings is 2. The minimum Gasteiger partial charge on any atom is -0.348 e. The summed E-state index contributed by atoms with van der Waals surface area (Å²) in [6.07, 6.45) is -4.54. The Bertz CT molecular complexity index is 981. The lowest BCUT2D eigenvalue weighted by atomic mass is 9.64. The Labute approximate surface area is 184 Å². The van der Waals surface area contributed by atoms with Gasteiger partial charge in [-0.15, -0.1) is 0 Å². The van der Waals surface area contributed by atoms with Crippen LogP contribution in [0.2, 0.25) is 5.02 Å². The van der Waals surface area contributed by atoms with Crippen molar-refractivity contribution in [1.29, 1.82) is 0 Å². The molecular weight excluding hydrogens is 427 g/mol. The lowest BCUT2D eigenvalue weighted by molar-refractivity contribution is -0.137. The third-order valence-electron chi connectivity index (χ3n) is 6.97. The lowest BCUT2D eigenvalue weighted by Gasteiger charge is -2.55. The fraction of sp³-hybridized carbons (Fsp3) is 0.435. The van der Waals surface area contributed by atoms with Gasteiger partial charge in [0.15, 0.2) is 0 Å². The molecule has 0 radical (unpaired) electrons. The van der Waals surface area contributed by atoms with E-state index in [2.05, 4.69) is 27.2 Å². The van der Waals surface area contributed by atoms with Crippen LogP contribution in [0.25, 0.3) is 0 Å². The molecule has 3 atom stereocenters. The van der Waals surface area contributed by atoms with Crippen molar-refractivity contribution in [2.45, 2.75) is 17.6 Å². The maximum atomic E-state index is 13.2. The molecule has 3 unspecified atom stereocenters. The summed E-state index contributed by atoms with van der Waals surface area (Å²) in [5.74, 6) is -0.355. The van der Waals surface area contributed by atoms with Gasteiger partial charge in [-0.05, 0) is 23.8 Å². The van der Waals surface area contributed by atoms with E-state index in [1.807, 2.05) is 18.2 Å². The van der Waals surface area contributed by atoms with Crippen molar-refractivity contribution in [3.8, 4) is 0 Å². The summed E-state index contributed by atoms with van der Waals surface area (Å²) in [5.41, 5.74) is -0.175. The van der Waals surface area contributed by atoms with Crippen molar-refractivity contribution < 1.29 is 18.0 Å². The number of amides is 1. The Morgan fingerprint density at radius 2 is 1.68 bits per heavy atom. The first-order chi connectivity index (χ1) is 14.8. The van der Waals surface area contributed by atoms with Crippen molar-refractivity contribution in [3.05, 3.63) is 70.2 Å². The second-order valence-corrected chi connectivity index (χ2v) is 9.30. The van der Waals surface area contributed by atoms with Gasteiger partial charge in [0.2, 0.25) is 0 Å². The summed E-state index contributed by atoms with van der Waals surface area (Å²) in [5, 5.41) is 3.14. The van der Waals surface area contributed by atoms with Crippen LogP contribution in [0.5, 0.6) is 0 Å². The van der Waals surface area contributed by atoms with E-state index in [9.17, 15) is 18.0 Å². The van der Waals surface area contributed by atoms with Crippen LogP contribution in [0.3, 0.4) is 0 Å². The first kappa shape index (κ1) is 20.8. The number of fused-ring (bicyclic) bond motifs is 1. The molecule has 4 heterocycles. The molecule has 4 aliphatic rings. The Hall–Kier alpha value is -2.09. The number of rotatable bonds is 3. The average molecular weight is 450 g/mol. The molecule has 0 aliphatic carbocycles.